The molecule has 13 heavy (non-hydrogen) atoms. The number of hydrogen-bond acceptors (Lipinski definition) is 4. The summed E-state index contributed by atoms with van der Waals surface area (Å²) in [6.07, 6.45) is -0.599. The second kappa shape index (κ2) is 4.07. The van der Waals surface area contributed by atoms with E-state index in [4.69, 9.17) is 9.84 Å². The van der Waals surface area contributed by atoms with Crippen molar-refractivity contribution in [1.29, 1.82) is 0 Å². The Morgan fingerprint density at radius 1 is 1.46 bits per heavy atom. The normalized spacial score (nSPS) is 40.2. The Morgan fingerprint density at radius 2 is 2.08 bits per heavy atom. The molecule has 0 aromatic heterocycles. The molecule has 1 rings (SSSR count). The van der Waals surface area contributed by atoms with Gasteiger partial charge in [-0.3, -0.25) is 4.79 Å². The van der Waals surface area contributed by atoms with Crippen LogP contribution in [0.1, 0.15) is 20.3 Å². The minimum atomic E-state index is -0.655. The van der Waals surface area contributed by atoms with E-state index < -0.39 is 12.0 Å². The first-order valence-electron chi connectivity index (χ1n) is 4.57. The Bertz CT molecular complexity index is 192. The van der Waals surface area contributed by atoms with E-state index in [1.54, 1.807) is 6.92 Å². The first-order chi connectivity index (χ1) is 6.07. The summed E-state index contributed by atoms with van der Waals surface area (Å²) in [5, 5.41) is 18.3. The summed E-state index contributed by atoms with van der Waals surface area (Å²) in [5.41, 5.74) is 0. The van der Waals surface area contributed by atoms with Gasteiger partial charge in [-0.2, -0.15) is 0 Å². The van der Waals surface area contributed by atoms with Crippen LogP contribution in [0.3, 0.4) is 0 Å². The van der Waals surface area contributed by atoms with Crippen LogP contribution in [0.2, 0.25) is 0 Å². The van der Waals surface area contributed by atoms with Crippen LogP contribution in [-0.2, 0) is 9.53 Å². The summed E-state index contributed by atoms with van der Waals surface area (Å²) >= 11 is 0. The zero-order valence-corrected chi connectivity index (χ0v) is 7.93. The number of esters is 1. The van der Waals surface area contributed by atoms with Crippen LogP contribution in [0.5, 0.6) is 0 Å². The Kier molecular flexibility index (Phi) is 3.27. The molecule has 0 bridgehead atoms. The van der Waals surface area contributed by atoms with Crippen molar-refractivity contribution < 1.29 is 19.7 Å². The quantitative estimate of drug-likeness (QED) is 0.595. The molecule has 1 fully saturated rings. The molecule has 0 saturated carbocycles. The van der Waals surface area contributed by atoms with E-state index >= 15 is 0 Å². The molecule has 0 unspecified atom stereocenters. The monoisotopic (exact) mass is 188 g/mol. The number of cyclic esters (lactones) is 1. The van der Waals surface area contributed by atoms with Crippen molar-refractivity contribution in [1.82, 2.24) is 0 Å². The van der Waals surface area contributed by atoms with Crippen molar-refractivity contribution >= 4 is 5.97 Å². The van der Waals surface area contributed by atoms with Crippen LogP contribution >= 0.6 is 0 Å². The SMILES string of the molecule is C[C@@H]1[C@@H](O)[C@@H](C)C(=O)O[C@@H]1CCO. The Morgan fingerprint density at radius 3 is 2.62 bits per heavy atom. The fourth-order valence-corrected chi connectivity index (χ4v) is 1.63. The van der Waals surface area contributed by atoms with Gasteiger partial charge >= 0.3 is 5.97 Å². The van der Waals surface area contributed by atoms with E-state index in [-0.39, 0.29) is 24.6 Å². The topological polar surface area (TPSA) is 66.8 Å². The maximum Gasteiger partial charge on any atom is 0.311 e. The third-order valence-electron chi connectivity index (χ3n) is 2.69. The third-order valence-corrected chi connectivity index (χ3v) is 2.69. The molecule has 2 N–H and O–H groups in total. The molecular weight excluding hydrogens is 172 g/mol. The predicted molar refractivity (Wildman–Crippen MR) is 45.9 cm³/mol. The highest BCUT2D eigenvalue weighted by atomic mass is 16.5. The van der Waals surface area contributed by atoms with Crippen molar-refractivity contribution in [2.45, 2.75) is 32.5 Å². The summed E-state index contributed by atoms with van der Waals surface area (Å²) in [5.74, 6) is -0.922. The number of rotatable bonds is 2. The number of aliphatic hydroxyl groups excluding tert-OH is 2. The Balaban J connectivity index is 2.64. The molecule has 0 aromatic rings. The Labute approximate surface area is 77.5 Å². The maximum absolute atomic E-state index is 11.2. The molecule has 0 radical (unpaired) electrons. The van der Waals surface area contributed by atoms with E-state index in [0.717, 1.165) is 0 Å². The molecule has 4 atom stereocenters. The highest BCUT2D eigenvalue weighted by Crippen LogP contribution is 2.27. The van der Waals surface area contributed by atoms with Gasteiger partial charge in [0.1, 0.15) is 6.10 Å². The molecule has 4 heteroatoms. The highest BCUT2D eigenvalue weighted by Gasteiger charge is 2.39. The molecule has 0 aliphatic carbocycles. The molecule has 1 saturated heterocycles. The molecule has 0 amide bonds. The van der Waals surface area contributed by atoms with Gasteiger partial charge in [0, 0.05) is 18.9 Å². The van der Waals surface area contributed by atoms with Gasteiger partial charge in [-0.15, -0.1) is 0 Å². The first kappa shape index (κ1) is 10.5. The maximum atomic E-state index is 11.2. The molecule has 1 aliphatic rings. The van der Waals surface area contributed by atoms with Crippen molar-refractivity contribution in [3.63, 3.8) is 0 Å². The van der Waals surface area contributed by atoms with Crippen LogP contribution in [0.4, 0.5) is 0 Å². The highest BCUT2D eigenvalue weighted by molar-refractivity contribution is 5.73. The fourth-order valence-electron chi connectivity index (χ4n) is 1.63. The molecule has 0 spiro atoms. The summed E-state index contributed by atoms with van der Waals surface area (Å²) in [7, 11) is 0. The Hall–Kier alpha value is -0.610. The van der Waals surface area contributed by atoms with Gasteiger partial charge in [0.15, 0.2) is 0 Å². The number of carbonyl (C=O) groups excluding carboxylic acids is 1. The summed E-state index contributed by atoms with van der Waals surface area (Å²) in [6, 6.07) is 0. The minimum absolute atomic E-state index is 0.0244. The van der Waals surface area contributed by atoms with Gasteiger partial charge in [0.2, 0.25) is 0 Å². The lowest BCUT2D eigenvalue weighted by molar-refractivity contribution is -0.178. The lowest BCUT2D eigenvalue weighted by Crippen LogP contribution is -2.46. The molecule has 4 nitrogen and oxygen atoms in total. The summed E-state index contributed by atoms with van der Waals surface area (Å²) in [4.78, 5) is 11.2. The second-order valence-electron chi connectivity index (χ2n) is 3.63. The molecule has 0 aromatic carbocycles. The first-order valence-corrected chi connectivity index (χ1v) is 4.57. The van der Waals surface area contributed by atoms with E-state index in [1.807, 2.05) is 6.92 Å². The fraction of sp³-hybridized carbons (Fsp3) is 0.889. The van der Waals surface area contributed by atoms with Crippen molar-refractivity contribution in [2.24, 2.45) is 11.8 Å². The van der Waals surface area contributed by atoms with E-state index in [0.29, 0.717) is 6.42 Å². The zero-order chi connectivity index (χ0) is 10.0. The number of carbonyl (C=O) groups is 1. The van der Waals surface area contributed by atoms with Crippen LogP contribution in [0.15, 0.2) is 0 Å². The standard InChI is InChI=1S/C9H16O4/c1-5-7(3-4-10)13-9(12)6(2)8(5)11/h5-8,10-11H,3-4H2,1-2H3/t5-,6+,7+,8+/m0/s1. The van der Waals surface area contributed by atoms with Crippen LogP contribution < -0.4 is 0 Å². The minimum Gasteiger partial charge on any atom is -0.462 e. The second-order valence-corrected chi connectivity index (χ2v) is 3.63. The van der Waals surface area contributed by atoms with Gasteiger partial charge in [0.25, 0.3) is 0 Å². The molecule has 1 heterocycles. The summed E-state index contributed by atoms with van der Waals surface area (Å²) < 4.78 is 5.06. The molecular formula is C9H16O4. The van der Waals surface area contributed by atoms with Crippen molar-refractivity contribution in [3.8, 4) is 0 Å². The van der Waals surface area contributed by atoms with E-state index in [2.05, 4.69) is 0 Å². The molecule has 1 aliphatic heterocycles. The number of ether oxygens (including phenoxy) is 1. The van der Waals surface area contributed by atoms with Gasteiger partial charge in [-0.25, -0.2) is 0 Å². The van der Waals surface area contributed by atoms with Gasteiger partial charge in [-0.05, 0) is 6.92 Å². The van der Waals surface area contributed by atoms with Crippen molar-refractivity contribution in [2.75, 3.05) is 6.61 Å². The molecule has 76 valence electrons. The third kappa shape index (κ3) is 2.00. The lowest BCUT2D eigenvalue weighted by atomic mass is 9.85. The van der Waals surface area contributed by atoms with Gasteiger partial charge in [-0.1, -0.05) is 6.92 Å². The number of hydrogen-bond donors (Lipinski definition) is 2. The lowest BCUT2D eigenvalue weighted by Gasteiger charge is -2.35. The van der Waals surface area contributed by atoms with Crippen LogP contribution in [0, 0.1) is 11.8 Å². The smallest absolute Gasteiger partial charge is 0.311 e. The van der Waals surface area contributed by atoms with Crippen molar-refractivity contribution in [3.05, 3.63) is 0 Å². The largest absolute Gasteiger partial charge is 0.462 e. The predicted octanol–water partition coefficient (Wildman–Crippen LogP) is -0.0727. The van der Waals surface area contributed by atoms with E-state index in [9.17, 15) is 9.90 Å². The van der Waals surface area contributed by atoms with Crippen LogP contribution in [0.25, 0.3) is 0 Å². The average Bonchev–Trinajstić information content (AvgIpc) is 2.11. The average molecular weight is 188 g/mol. The summed E-state index contributed by atoms with van der Waals surface area (Å²) in [6.45, 7) is 3.45. The van der Waals surface area contributed by atoms with Gasteiger partial charge < -0.3 is 14.9 Å². The van der Waals surface area contributed by atoms with Crippen LogP contribution in [-0.4, -0.2) is 35.0 Å². The number of aliphatic hydroxyl groups is 2. The van der Waals surface area contributed by atoms with Gasteiger partial charge in [0.05, 0.1) is 12.0 Å². The zero-order valence-electron chi connectivity index (χ0n) is 7.93. The van der Waals surface area contributed by atoms with E-state index in [1.165, 1.54) is 0 Å².